The minimum atomic E-state index is -4.69. The summed E-state index contributed by atoms with van der Waals surface area (Å²) in [5.41, 5.74) is 5.95. The van der Waals surface area contributed by atoms with E-state index in [0.717, 1.165) is 67.0 Å². The summed E-state index contributed by atoms with van der Waals surface area (Å²) < 4.78 is 54.6. The largest absolute Gasteiger partial charge is 0.455 e. The maximum absolute atomic E-state index is 14.1. The molecule has 4 N–H and O–H groups in total. The van der Waals surface area contributed by atoms with Crippen molar-refractivity contribution in [2.24, 2.45) is 5.41 Å². The van der Waals surface area contributed by atoms with Gasteiger partial charge in [-0.2, -0.15) is 0 Å². The third kappa shape index (κ3) is 15.1. The fourth-order valence-electron chi connectivity index (χ4n) is 11.4. The van der Waals surface area contributed by atoms with Crippen molar-refractivity contribution in [3.05, 3.63) is 164 Å². The summed E-state index contributed by atoms with van der Waals surface area (Å²) in [5.74, 6) is 2.67. The molecule has 11 rings (SSSR count). The highest BCUT2D eigenvalue weighted by Gasteiger charge is 2.45. The molecule has 0 bridgehead atoms. The van der Waals surface area contributed by atoms with Crippen LogP contribution >= 0.6 is 11.6 Å². The minimum absolute atomic E-state index is 0.00232. The van der Waals surface area contributed by atoms with Crippen LogP contribution in [0.5, 0.6) is 11.5 Å². The highest BCUT2D eigenvalue weighted by Crippen LogP contribution is 2.44. The van der Waals surface area contributed by atoms with Crippen LogP contribution in [0.4, 0.5) is 17.1 Å². The molecule has 1 aliphatic carbocycles. The fourth-order valence-corrected chi connectivity index (χ4v) is 12.5. The topological polar surface area (TPSA) is 305 Å². The Kier molecular flexibility index (Phi) is 19.3. The number of halogens is 1. The van der Waals surface area contributed by atoms with Crippen LogP contribution in [0.15, 0.2) is 120 Å². The molecule has 4 aromatic carbocycles. The van der Waals surface area contributed by atoms with Gasteiger partial charge >= 0.3 is 0 Å². The van der Waals surface area contributed by atoms with Crippen molar-refractivity contribution in [3.63, 3.8) is 0 Å². The number of carbonyl (C=O) groups is 5. The highest BCUT2D eigenvalue weighted by atomic mass is 35.5. The summed E-state index contributed by atoms with van der Waals surface area (Å²) in [7, 11) is -4.69. The first-order valence-corrected chi connectivity index (χ1v) is 31.5. The Labute approximate surface area is 528 Å². The molecular weight excluding hydrogens is 1210 g/mol. The zero-order chi connectivity index (χ0) is 63.8. The number of fused-ring (bicyclic) bond motifs is 2. The van der Waals surface area contributed by atoms with Gasteiger partial charge in [-0.3, -0.25) is 49.2 Å². The van der Waals surface area contributed by atoms with Crippen molar-refractivity contribution in [3.8, 4) is 23.3 Å². The molecule has 472 valence electrons. The zero-order valence-electron chi connectivity index (χ0n) is 49.9. The maximum atomic E-state index is 14.1. The van der Waals surface area contributed by atoms with E-state index in [9.17, 15) is 42.5 Å². The second kappa shape index (κ2) is 27.8. The highest BCUT2D eigenvalue weighted by molar-refractivity contribution is 7.90. The molecule has 1 atom stereocenters. The summed E-state index contributed by atoms with van der Waals surface area (Å²) in [6.07, 6.45) is 8.04. The number of nitrogens with zero attached hydrogens (tertiary/aromatic N) is 8. The van der Waals surface area contributed by atoms with Gasteiger partial charge in [0.25, 0.3) is 33.4 Å². The van der Waals surface area contributed by atoms with Gasteiger partial charge in [0.1, 0.15) is 41.2 Å². The quantitative estimate of drug-likeness (QED) is 0.0149. The number of carbonyl (C=O) groups excluding carboxylic acids is 5. The van der Waals surface area contributed by atoms with Crippen LogP contribution in [0.1, 0.15) is 93.8 Å². The number of hydrogen-bond acceptors (Lipinski definition) is 19. The van der Waals surface area contributed by atoms with Gasteiger partial charge in [0.2, 0.25) is 11.8 Å². The molecule has 3 aliphatic heterocycles. The van der Waals surface area contributed by atoms with Crippen LogP contribution in [-0.2, 0) is 46.9 Å². The summed E-state index contributed by atoms with van der Waals surface area (Å²) in [5, 5.41) is 27.2. The predicted molar refractivity (Wildman–Crippen MR) is 335 cm³/mol. The van der Waals surface area contributed by atoms with E-state index >= 15 is 0 Å². The number of anilines is 2. The van der Waals surface area contributed by atoms with E-state index < -0.39 is 61.1 Å². The Hall–Kier alpha value is -9.36. The zero-order valence-corrected chi connectivity index (χ0v) is 51.4. The predicted octanol–water partition coefficient (Wildman–Crippen LogP) is 7.53. The molecule has 0 radical (unpaired) electrons. The van der Waals surface area contributed by atoms with Crippen molar-refractivity contribution in [1.82, 2.24) is 44.8 Å². The first-order chi connectivity index (χ1) is 43.9. The van der Waals surface area contributed by atoms with Gasteiger partial charge in [0, 0.05) is 79.1 Å². The average Bonchev–Trinajstić information content (AvgIpc) is 1.74. The summed E-state index contributed by atoms with van der Waals surface area (Å²) in [6, 6.07) is 23.5. The molecule has 27 heteroatoms. The number of imide groups is 2. The van der Waals surface area contributed by atoms with Gasteiger partial charge in [-0.25, -0.2) is 22.8 Å². The number of allylic oxidation sites excluding steroid dienone is 1. The summed E-state index contributed by atoms with van der Waals surface area (Å²) >= 11 is 6.27. The number of nitro benzene ring substituents is 1. The Morgan fingerprint density at radius 3 is 2.46 bits per heavy atom. The number of nitrogens with one attached hydrogen (secondary N) is 4. The number of amides is 5. The van der Waals surface area contributed by atoms with Crippen LogP contribution in [0.2, 0.25) is 5.02 Å². The van der Waals surface area contributed by atoms with Crippen molar-refractivity contribution < 1.29 is 56.3 Å². The lowest BCUT2D eigenvalue weighted by Crippen LogP contribution is -2.54. The summed E-state index contributed by atoms with van der Waals surface area (Å²) in [4.78, 5) is 88.7. The third-order valence-electron chi connectivity index (χ3n) is 16.2. The maximum Gasteiger partial charge on any atom is 0.293 e. The lowest BCUT2D eigenvalue weighted by atomic mass is 9.72. The van der Waals surface area contributed by atoms with E-state index in [2.05, 4.69) is 83.3 Å². The van der Waals surface area contributed by atoms with Crippen LogP contribution < -0.4 is 25.0 Å². The van der Waals surface area contributed by atoms with Gasteiger partial charge in [-0.05, 0) is 103 Å². The second-order valence-electron chi connectivity index (χ2n) is 23.0. The molecule has 5 amide bonds. The SMILES string of the molecule is CC1(C)CCC(CN2CCN(c3ccc(C(=O)NS(=O)(=O)c4ccc(NCc5cn(CCOCCOCCOCC#Cc6cccc7c6C(=O)N(C6CCC(=O)NC6=O)C7=O)nn5)c([N+](=O)[O-])c4)c(Oc4cnc5[nH]ccc5c4)c3)CC2)=C(c2ccc(Cl)cc2)C1. The van der Waals surface area contributed by atoms with E-state index in [-0.39, 0.29) is 92.6 Å². The van der Waals surface area contributed by atoms with Crippen LogP contribution in [0.25, 0.3) is 16.6 Å². The molecule has 1 unspecified atom stereocenters. The third-order valence-corrected chi connectivity index (χ3v) is 17.7. The molecule has 0 saturated carbocycles. The smallest absolute Gasteiger partial charge is 0.293 e. The van der Waals surface area contributed by atoms with Gasteiger partial charge in [-0.15, -0.1) is 5.10 Å². The fraction of sp³-hybridized carbons (Fsp3) is 0.344. The van der Waals surface area contributed by atoms with Gasteiger partial charge < -0.3 is 34.1 Å². The number of pyridine rings is 1. The molecule has 7 aromatic rings. The standard InChI is InChI=1S/C64H65ClN12O13S/c1-64(2)20-18-44(52(36-64)41-8-10-45(65)11-9-41)39-73-22-24-74(25-23-73)47-12-14-50(56(34-47)90-48-33-43-19-21-66-59(43)68-38-48)60(79)71-91(85,86)49-13-15-53(55(35-49)77(83)84)67-37-46-40-75(72-70-46)26-28-88-30-32-89-31-29-87-27-4-6-42-5-3-7-51-58(42)63(82)76(62(51)81)54-16-17-57(78)69-61(54)80/h3,5,7-15,19,21,33-35,38,40,54,67H,16-18,20,22-32,36-37,39H2,1-2H3,(H,66,68)(H,71,79)(H,69,78,80). The number of piperazine rings is 1. The number of nitro groups is 1. The Bertz CT molecular complexity index is 4170. The molecule has 6 heterocycles. The van der Waals surface area contributed by atoms with E-state index in [1.807, 2.05) is 18.2 Å². The monoisotopic (exact) mass is 1280 g/mol. The number of hydrogen-bond donors (Lipinski definition) is 4. The summed E-state index contributed by atoms with van der Waals surface area (Å²) in [6.45, 7) is 10.0. The lowest BCUT2D eigenvalue weighted by molar-refractivity contribution is -0.384. The average molecular weight is 1280 g/mol. The molecule has 4 aliphatic rings. The van der Waals surface area contributed by atoms with Crippen molar-refractivity contribution in [2.45, 2.75) is 70.0 Å². The molecule has 3 aromatic heterocycles. The number of piperidine rings is 1. The van der Waals surface area contributed by atoms with Crippen LogP contribution in [0, 0.1) is 27.4 Å². The van der Waals surface area contributed by atoms with E-state index in [1.165, 1.54) is 45.8 Å². The Balaban J connectivity index is 0.639. The number of ether oxygens (including phenoxy) is 4. The Morgan fingerprint density at radius 1 is 0.901 bits per heavy atom. The van der Waals surface area contributed by atoms with Gasteiger partial charge in [-0.1, -0.05) is 66.3 Å². The van der Waals surface area contributed by atoms with Gasteiger partial charge in [0.15, 0.2) is 0 Å². The molecule has 2 fully saturated rings. The molecule has 91 heavy (non-hydrogen) atoms. The normalized spacial score (nSPS) is 16.8. The van der Waals surface area contributed by atoms with E-state index in [0.29, 0.717) is 47.3 Å². The van der Waals surface area contributed by atoms with Crippen molar-refractivity contribution in [2.75, 3.05) is 82.6 Å². The van der Waals surface area contributed by atoms with Crippen molar-refractivity contribution in [1.29, 1.82) is 0 Å². The van der Waals surface area contributed by atoms with Crippen molar-refractivity contribution >= 4 is 84.8 Å². The number of aromatic nitrogens is 5. The molecule has 2 saturated heterocycles. The molecule has 0 spiro atoms. The van der Waals surface area contributed by atoms with E-state index in [4.69, 9.17) is 30.5 Å². The molecule has 25 nitrogen and oxygen atoms in total. The second-order valence-corrected chi connectivity index (χ2v) is 25.1. The van der Waals surface area contributed by atoms with E-state index in [1.54, 1.807) is 42.7 Å². The minimum Gasteiger partial charge on any atom is -0.455 e. The lowest BCUT2D eigenvalue weighted by Gasteiger charge is -2.39. The first kappa shape index (κ1) is 63.2. The van der Waals surface area contributed by atoms with Crippen LogP contribution in [-0.4, -0.2) is 156 Å². The Morgan fingerprint density at radius 2 is 1.68 bits per heavy atom. The number of aromatic amines is 1. The van der Waals surface area contributed by atoms with Gasteiger partial charge in [0.05, 0.1) is 85.0 Å². The first-order valence-electron chi connectivity index (χ1n) is 29.6. The number of H-pyrrole nitrogens is 1. The number of sulfonamides is 1. The number of benzene rings is 4. The van der Waals surface area contributed by atoms with Crippen LogP contribution in [0.3, 0.4) is 0 Å². The molecular formula is C64H65ClN12O13S. The number of rotatable bonds is 24.